The second kappa shape index (κ2) is 9.10. The zero-order valence-electron chi connectivity index (χ0n) is 18.8. The highest BCUT2D eigenvalue weighted by molar-refractivity contribution is 7.92. The molecule has 0 unspecified atom stereocenters. The molecule has 0 atom stereocenters. The van der Waals surface area contributed by atoms with Crippen molar-refractivity contribution in [2.24, 2.45) is 10.9 Å². The summed E-state index contributed by atoms with van der Waals surface area (Å²) in [5.41, 5.74) is 0.327. The Morgan fingerprint density at radius 3 is 2.67 bits per heavy atom. The monoisotopic (exact) mass is 473 g/mol. The largest absolute Gasteiger partial charge is 0.464 e. The van der Waals surface area contributed by atoms with Gasteiger partial charge in [0.25, 0.3) is 21.0 Å². The van der Waals surface area contributed by atoms with E-state index in [-0.39, 0.29) is 24.1 Å². The van der Waals surface area contributed by atoms with Gasteiger partial charge in [-0.3, -0.25) is 9.79 Å². The first-order valence-electron chi connectivity index (χ1n) is 11.9. The van der Waals surface area contributed by atoms with Crippen LogP contribution in [-0.4, -0.2) is 43.1 Å². The fourth-order valence-electron chi connectivity index (χ4n) is 5.23. The van der Waals surface area contributed by atoms with Gasteiger partial charge in [-0.2, -0.15) is 4.31 Å². The molecule has 0 radical (unpaired) electrons. The number of hydrogen-bond acceptors (Lipinski definition) is 6. The summed E-state index contributed by atoms with van der Waals surface area (Å²) in [6.45, 7) is 0.430. The molecule has 1 saturated carbocycles. The summed E-state index contributed by atoms with van der Waals surface area (Å²) >= 11 is 0. The Hall–Kier alpha value is -2.39. The first kappa shape index (κ1) is 22.4. The Bertz CT molecular complexity index is 1060. The average molecular weight is 474 g/mol. The molecule has 3 aliphatic heterocycles. The molecule has 0 bridgehead atoms. The smallest absolute Gasteiger partial charge is 0.279 e. The third kappa shape index (κ3) is 4.53. The zero-order chi connectivity index (χ0) is 22.9. The number of amides is 1. The molecule has 3 heterocycles. The summed E-state index contributed by atoms with van der Waals surface area (Å²) in [4.78, 5) is 17.7. The summed E-state index contributed by atoms with van der Waals surface area (Å²) in [6, 6.07) is 0. The number of carbonyl (C=O) groups excluding carboxylic acids is 1. The molecule has 2 aliphatic carbocycles. The van der Waals surface area contributed by atoms with Crippen molar-refractivity contribution < 1.29 is 22.7 Å². The van der Waals surface area contributed by atoms with Gasteiger partial charge in [0.1, 0.15) is 29.7 Å². The van der Waals surface area contributed by atoms with Gasteiger partial charge in [0.05, 0.1) is 0 Å². The second-order valence-corrected chi connectivity index (χ2v) is 11.3. The van der Waals surface area contributed by atoms with E-state index in [4.69, 9.17) is 14.5 Å². The van der Waals surface area contributed by atoms with Crippen molar-refractivity contribution in [3.8, 4) is 0 Å². The van der Waals surface area contributed by atoms with E-state index in [1.54, 1.807) is 0 Å². The van der Waals surface area contributed by atoms with Gasteiger partial charge < -0.3 is 14.8 Å². The van der Waals surface area contributed by atoms with Crippen LogP contribution in [0.5, 0.6) is 0 Å². The van der Waals surface area contributed by atoms with E-state index in [2.05, 4.69) is 11.4 Å². The van der Waals surface area contributed by atoms with Crippen LogP contribution in [0.25, 0.3) is 0 Å². The lowest BCUT2D eigenvalue weighted by atomic mass is 9.88. The van der Waals surface area contributed by atoms with Crippen molar-refractivity contribution in [2.45, 2.75) is 69.7 Å². The van der Waals surface area contributed by atoms with E-state index < -0.39 is 15.6 Å². The van der Waals surface area contributed by atoms with Crippen molar-refractivity contribution in [2.75, 3.05) is 13.1 Å². The average Bonchev–Trinajstić information content (AvgIpc) is 3.16. The first-order chi connectivity index (χ1) is 16.0. The van der Waals surface area contributed by atoms with E-state index in [1.165, 1.54) is 35.4 Å². The fourth-order valence-corrected chi connectivity index (χ4v) is 6.54. The molecular formula is C24H31N3O5S. The molecule has 1 spiro atoms. The maximum absolute atomic E-state index is 13.2. The Morgan fingerprint density at radius 2 is 1.94 bits per heavy atom. The van der Waals surface area contributed by atoms with E-state index in [0.29, 0.717) is 30.9 Å². The van der Waals surface area contributed by atoms with E-state index in [9.17, 15) is 13.2 Å². The zero-order valence-corrected chi connectivity index (χ0v) is 19.6. The minimum absolute atomic E-state index is 0.0865. The molecule has 1 N–H and O–H groups in total. The van der Waals surface area contributed by atoms with Gasteiger partial charge in [0, 0.05) is 25.4 Å². The number of piperidine rings is 1. The maximum atomic E-state index is 13.2. The molecule has 1 amide bonds. The molecule has 33 heavy (non-hydrogen) atoms. The molecule has 5 aliphatic rings. The predicted octanol–water partition coefficient (Wildman–Crippen LogP) is 3.61. The number of nitrogens with one attached hydrogen (secondary N) is 1. The molecule has 178 valence electrons. The first-order valence-corrected chi connectivity index (χ1v) is 13.4. The highest BCUT2D eigenvalue weighted by Crippen LogP contribution is 2.36. The topological polar surface area (TPSA) is 97.3 Å². The number of nitrogens with zero attached hydrogens (tertiary/aromatic N) is 2. The van der Waals surface area contributed by atoms with Crippen LogP contribution in [0.3, 0.4) is 0 Å². The van der Waals surface area contributed by atoms with Crippen LogP contribution in [0.15, 0.2) is 52.2 Å². The summed E-state index contributed by atoms with van der Waals surface area (Å²) in [6.07, 6.45) is 17.5. The normalized spacial score (nSPS) is 26.0. The third-order valence-corrected chi connectivity index (χ3v) is 8.96. The highest BCUT2D eigenvalue weighted by atomic mass is 32.2. The van der Waals surface area contributed by atoms with Crippen LogP contribution in [0, 0.1) is 5.92 Å². The van der Waals surface area contributed by atoms with Gasteiger partial charge in [0.2, 0.25) is 0 Å². The number of ether oxygens (including phenoxy) is 2. The fraction of sp³-hybridized carbons (Fsp3) is 0.583. The summed E-state index contributed by atoms with van der Waals surface area (Å²) in [7, 11) is -3.86. The van der Waals surface area contributed by atoms with E-state index in [0.717, 1.165) is 37.8 Å². The van der Waals surface area contributed by atoms with Crippen LogP contribution >= 0.6 is 0 Å². The Labute approximate surface area is 195 Å². The summed E-state index contributed by atoms with van der Waals surface area (Å²) in [5, 5.41) is 2.81. The van der Waals surface area contributed by atoms with Crippen LogP contribution in [0.1, 0.15) is 64.2 Å². The highest BCUT2D eigenvalue weighted by Gasteiger charge is 2.49. The number of carbonyl (C=O) groups is 1. The summed E-state index contributed by atoms with van der Waals surface area (Å²) < 4.78 is 38.9. The SMILES string of the molecule is O=C1NC(C2CCCCC2)=NC12CCN(S(=O)(=O)C1=COC=C(CC3=CC=CCC3)O1)CC2. The van der Waals surface area contributed by atoms with Gasteiger partial charge in [-0.15, -0.1) is 0 Å². The number of aliphatic imine (C=N–C) groups is 1. The lowest BCUT2D eigenvalue weighted by Crippen LogP contribution is -2.50. The lowest BCUT2D eigenvalue weighted by molar-refractivity contribution is -0.125. The molecule has 8 nitrogen and oxygen atoms in total. The molecule has 9 heteroatoms. The van der Waals surface area contributed by atoms with Gasteiger partial charge in [-0.25, -0.2) is 8.42 Å². The molecule has 1 saturated heterocycles. The van der Waals surface area contributed by atoms with Crippen LogP contribution in [0.2, 0.25) is 0 Å². The maximum Gasteiger partial charge on any atom is 0.279 e. The second-order valence-electron chi connectivity index (χ2n) is 9.45. The number of amidine groups is 1. The molecular weight excluding hydrogens is 442 g/mol. The number of allylic oxidation sites excluding steroid dienone is 4. The molecule has 0 aromatic heterocycles. The Morgan fingerprint density at radius 1 is 1.15 bits per heavy atom. The number of hydrogen-bond donors (Lipinski definition) is 1. The van der Waals surface area contributed by atoms with Crippen molar-refractivity contribution in [1.29, 1.82) is 0 Å². The van der Waals surface area contributed by atoms with Crippen molar-refractivity contribution in [1.82, 2.24) is 9.62 Å². The molecule has 2 fully saturated rings. The minimum atomic E-state index is -3.86. The number of sulfonamides is 1. The van der Waals surface area contributed by atoms with Crippen LogP contribution in [-0.2, 0) is 24.3 Å². The van der Waals surface area contributed by atoms with Crippen molar-refractivity contribution >= 4 is 21.8 Å². The number of rotatable bonds is 5. The third-order valence-electron chi connectivity index (χ3n) is 7.23. The summed E-state index contributed by atoms with van der Waals surface area (Å²) in [5.74, 6) is 1.52. The van der Waals surface area contributed by atoms with Crippen LogP contribution < -0.4 is 5.32 Å². The van der Waals surface area contributed by atoms with Gasteiger partial charge in [-0.05, 0) is 38.5 Å². The van der Waals surface area contributed by atoms with Gasteiger partial charge in [0.15, 0.2) is 0 Å². The minimum Gasteiger partial charge on any atom is -0.464 e. The molecule has 5 rings (SSSR count). The Balaban J connectivity index is 1.22. The van der Waals surface area contributed by atoms with Crippen molar-refractivity contribution in [3.63, 3.8) is 0 Å². The quantitative estimate of drug-likeness (QED) is 0.658. The van der Waals surface area contributed by atoms with Gasteiger partial charge >= 0.3 is 0 Å². The molecule has 0 aromatic rings. The van der Waals surface area contributed by atoms with Gasteiger partial charge in [-0.1, -0.05) is 43.1 Å². The standard InChI is InChI=1S/C24H31N3O5S/c28-23-24(26-22(25-23)19-9-5-2-6-10-19)11-13-27(14-12-24)33(29,30)21-17-31-16-20(32-21)15-18-7-3-1-4-8-18/h1,3,7,16-17,19H,2,4-6,8-15H2,(H,25,26,28). The van der Waals surface area contributed by atoms with E-state index >= 15 is 0 Å². The predicted molar refractivity (Wildman–Crippen MR) is 124 cm³/mol. The lowest BCUT2D eigenvalue weighted by Gasteiger charge is -2.35. The van der Waals surface area contributed by atoms with E-state index in [1.807, 2.05) is 12.2 Å². The van der Waals surface area contributed by atoms with Crippen LogP contribution in [0.4, 0.5) is 0 Å². The van der Waals surface area contributed by atoms with Crippen molar-refractivity contribution in [3.05, 3.63) is 47.2 Å². The Kier molecular flexibility index (Phi) is 6.18. The molecule has 0 aromatic carbocycles.